The van der Waals surface area contributed by atoms with E-state index in [4.69, 9.17) is 0 Å². The molecule has 9 heteroatoms. The summed E-state index contributed by atoms with van der Waals surface area (Å²) in [5, 5.41) is 16.2. The summed E-state index contributed by atoms with van der Waals surface area (Å²) in [7, 11) is -3.61. The zero-order valence-corrected chi connectivity index (χ0v) is 12.7. The molecule has 0 saturated carbocycles. The topological polar surface area (TPSA) is 113 Å². The molecule has 0 radical (unpaired) electrons. The van der Waals surface area contributed by atoms with E-state index in [2.05, 4.69) is 30.7 Å². The molecule has 0 aliphatic carbocycles. The number of H-pyrrole nitrogens is 1. The number of rotatable bonds is 7. The highest BCUT2D eigenvalue weighted by molar-refractivity contribution is 7.89. The summed E-state index contributed by atoms with van der Waals surface area (Å²) in [4.78, 5) is 0.265. The van der Waals surface area contributed by atoms with Gasteiger partial charge in [0.25, 0.3) is 0 Å². The first-order chi connectivity index (χ1) is 10.0. The van der Waals surface area contributed by atoms with Crippen LogP contribution in [0.4, 0.5) is 0 Å². The Balaban J connectivity index is 2.17. The molecule has 0 aliphatic rings. The Morgan fingerprint density at radius 2 is 2.10 bits per heavy atom. The van der Waals surface area contributed by atoms with Crippen molar-refractivity contribution < 1.29 is 8.42 Å². The molecule has 8 nitrogen and oxygen atoms in total. The smallest absolute Gasteiger partial charge is 0.241 e. The van der Waals surface area contributed by atoms with E-state index in [0.717, 1.165) is 12.1 Å². The van der Waals surface area contributed by atoms with E-state index >= 15 is 0 Å². The SMILES string of the molecule is CCNCc1ccc(C)c(S(=O)(=O)NCc2nn[nH]n2)c1. The van der Waals surface area contributed by atoms with Crippen LogP contribution in [-0.4, -0.2) is 35.6 Å². The highest BCUT2D eigenvalue weighted by Gasteiger charge is 2.18. The van der Waals surface area contributed by atoms with Crippen LogP contribution in [-0.2, 0) is 23.1 Å². The Labute approximate surface area is 123 Å². The van der Waals surface area contributed by atoms with Crippen molar-refractivity contribution in [2.24, 2.45) is 0 Å². The molecule has 0 aliphatic heterocycles. The van der Waals surface area contributed by atoms with Gasteiger partial charge in [-0.2, -0.15) is 5.21 Å². The first-order valence-electron chi connectivity index (χ1n) is 6.55. The Morgan fingerprint density at radius 1 is 1.29 bits per heavy atom. The fraction of sp³-hybridized carbons (Fsp3) is 0.417. The van der Waals surface area contributed by atoms with Gasteiger partial charge in [-0.25, -0.2) is 13.1 Å². The van der Waals surface area contributed by atoms with Crippen molar-refractivity contribution in [1.29, 1.82) is 0 Å². The summed E-state index contributed by atoms with van der Waals surface area (Å²) in [6.45, 7) is 5.21. The lowest BCUT2D eigenvalue weighted by molar-refractivity contribution is 0.578. The maximum atomic E-state index is 12.4. The van der Waals surface area contributed by atoms with Crippen molar-refractivity contribution >= 4 is 10.0 Å². The molecule has 114 valence electrons. The molecule has 1 aromatic carbocycles. The highest BCUT2D eigenvalue weighted by atomic mass is 32.2. The van der Waals surface area contributed by atoms with E-state index in [1.54, 1.807) is 19.1 Å². The molecule has 0 bridgehead atoms. The van der Waals surface area contributed by atoms with Crippen LogP contribution < -0.4 is 10.0 Å². The molecule has 0 spiro atoms. The zero-order valence-electron chi connectivity index (χ0n) is 11.9. The van der Waals surface area contributed by atoms with Crippen molar-refractivity contribution in [2.45, 2.75) is 31.8 Å². The van der Waals surface area contributed by atoms with Gasteiger partial charge >= 0.3 is 0 Å². The number of aromatic amines is 1. The first-order valence-corrected chi connectivity index (χ1v) is 8.03. The molecule has 2 aromatic rings. The van der Waals surface area contributed by atoms with Crippen molar-refractivity contribution in [2.75, 3.05) is 6.54 Å². The average Bonchev–Trinajstić information content (AvgIpc) is 2.97. The lowest BCUT2D eigenvalue weighted by atomic mass is 10.1. The molecule has 3 N–H and O–H groups in total. The number of nitrogens with one attached hydrogen (secondary N) is 3. The standard InChI is InChI=1S/C12H18N6O2S/c1-3-13-7-10-5-4-9(2)11(6-10)21(19,20)14-8-12-15-17-18-16-12/h4-6,13-14H,3,7-8H2,1-2H3,(H,15,16,17,18). The van der Waals surface area contributed by atoms with Crippen molar-refractivity contribution in [3.8, 4) is 0 Å². The number of aromatic nitrogens is 4. The normalized spacial score (nSPS) is 11.7. The van der Waals surface area contributed by atoms with Gasteiger partial charge in [0.15, 0.2) is 5.82 Å². The largest absolute Gasteiger partial charge is 0.313 e. The second-order valence-electron chi connectivity index (χ2n) is 4.53. The van der Waals surface area contributed by atoms with Gasteiger partial charge in [0.2, 0.25) is 10.0 Å². The monoisotopic (exact) mass is 310 g/mol. The minimum atomic E-state index is -3.61. The number of hydrogen-bond donors (Lipinski definition) is 3. The fourth-order valence-electron chi connectivity index (χ4n) is 1.81. The second-order valence-corrected chi connectivity index (χ2v) is 6.27. The Kier molecular flexibility index (Phi) is 4.99. The number of aryl methyl sites for hydroxylation is 1. The van der Waals surface area contributed by atoms with E-state index < -0.39 is 10.0 Å². The Hall–Kier alpha value is -1.84. The van der Waals surface area contributed by atoms with Gasteiger partial charge < -0.3 is 5.32 Å². The number of tetrazole rings is 1. The summed E-state index contributed by atoms with van der Waals surface area (Å²) in [5.74, 6) is 0.292. The maximum absolute atomic E-state index is 12.4. The fourth-order valence-corrected chi connectivity index (χ4v) is 3.08. The van der Waals surface area contributed by atoms with Crippen molar-refractivity contribution in [1.82, 2.24) is 30.7 Å². The number of nitrogens with zero attached hydrogens (tertiary/aromatic N) is 3. The van der Waals surface area contributed by atoms with Crippen LogP contribution in [0.15, 0.2) is 23.1 Å². The van der Waals surface area contributed by atoms with Crippen LogP contribution >= 0.6 is 0 Å². The Bertz CT molecular complexity index is 684. The van der Waals surface area contributed by atoms with Gasteiger partial charge in [0.1, 0.15) is 0 Å². The predicted molar refractivity (Wildman–Crippen MR) is 76.8 cm³/mol. The molecule has 0 unspecified atom stereocenters. The van der Waals surface area contributed by atoms with Crippen LogP contribution in [0.5, 0.6) is 0 Å². The summed E-state index contributed by atoms with van der Waals surface area (Å²) in [6, 6.07) is 5.39. The molecule has 0 amide bonds. The van der Waals surface area contributed by atoms with Gasteiger partial charge in [-0.3, -0.25) is 0 Å². The second kappa shape index (κ2) is 6.74. The third-order valence-electron chi connectivity index (χ3n) is 2.93. The van der Waals surface area contributed by atoms with Gasteiger partial charge in [-0.15, -0.1) is 10.2 Å². The van der Waals surface area contributed by atoms with E-state index in [1.807, 2.05) is 13.0 Å². The van der Waals surface area contributed by atoms with Crippen LogP contribution in [0.1, 0.15) is 23.9 Å². The highest BCUT2D eigenvalue weighted by Crippen LogP contribution is 2.17. The molecular formula is C12H18N6O2S. The molecule has 0 saturated heterocycles. The Morgan fingerprint density at radius 3 is 2.76 bits per heavy atom. The number of sulfonamides is 1. The molecule has 0 atom stereocenters. The molecule has 1 aromatic heterocycles. The minimum absolute atomic E-state index is 0.00426. The zero-order chi connectivity index (χ0) is 15.3. The first kappa shape index (κ1) is 15.5. The van der Waals surface area contributed by atoms with Gasteiger partial charge in [-0.1, -0.05) is 24.3 Å². The van der Waals surface area contributed by atoms with Crippen LogP contribution in [0.2, 0.25) is 0 Å². The lowest BCUT2D eigenvalue weighted by Gasteiger charge is -2.10. The number of hydrogen-bond acceptors (Lipinski definition) is 6. The van der Waals surface area contributed by atoms with Crippen LogP contribution in [0.3, 0.4) is 0 Å². The summed E-state index contributed by atoms with van der Waals surface area (Å²) in [5.41, 5.74) is 1.61. The van der Waals surface area contributed by atoms with E-state index in [9.17, 15) is 8.42 Å². The molecule has 21 heavy (non-hydrogen) atoms. The number of benzene rings is 1. The quantitative estimate of drug-likeness (QED) is 0.668. The third-order valence-corrected chi connectivity index (χ3v) is 4.47. The van der Waals surface area contributed by atoms with Crippen molar-refractivity contribution in [3.63, 3.8) is 0 Å². The van der Waals surface area contributed by atoms with E-state index in [0.29, 0.717) is 17.9 Å². The minimum Gasteiger partial charge on any atom is -0.313 e. The maximum Gasteiger partial charge on any atom is 0.241 e. The van der Waals surface area contributed by atoms with Crippen LogP contribution in [0.25, 0.3) is 0 Å². The van der Waals surface area contributed by atoms with Gasteiger partial charge in [0, 0.05) is 6.54 Å². The summed E-state index contributed by atoms with van der Waals surface area (Å²) < 4.78 is 27.2. The molecule has 1 heterocycles. The van der Waals surface area contributed by atoms with Gasteiger partial charge in [0.05, 0.1) is 11.4 Å². The van der Waals surface area contributed by atoms with E-state index in [1.165, 1.54) is 0 Å². The summed E-state index contributed by atoms with van der Waals surface area (Å²) >= 11 is 0. The molecule has 0 fully saturated rings. The predicted octanol–water partition coefficient (Wildman–Crippen LogP) is 0.0961. The average molecular weight is 310 g/mol. The molecule has 2 rings (SSSR count). The third kappa shape index (κ3) is 4.06. The van der Waals surface area contributed by atoms with E-state index in [-0.39, 0.29) is 11.4 Å². The summed E-state index contributed by atoms with van der Waals surface area (Å²) in [6.07, 6.45) is 0. The van der Waals surface area contributed by atoms with Gasteiger partial charge in [-0.05, 0) is 30.7 Å². The molecular weight excluding hydrogens is 292 g/mol. The lowest BCUT2D eigenvalue weighted by Crippen LogP contribution is -2.25. The van der Waals surface area contributed by atoms with Crippen molar-refractivity contribution in [3.05, 3.63) is 35.2 Å². The van der Waals surface area contributed by atoms with Crippen LogP contribution in [0, 0.1) is 6.92 Å².